The molecule has 1 unspecified atom stereocenters. The van der Waals surface area contributed by atoms with Gasteiger partial charge in [-0.1, -0.05) is 73.6 Å². The Hall–Kier alpha value is -2.99. The molecule has 1 aliphatic rings. The van der Waals surface area contributed by atoms with Gasteiger partial charge >= 0.3 is 0 Å². The Bertz CT molecular complexity index is 1040. The van der Waals surface area contributed by atoms with E-state index in [0.717, 1.165) is 43.5 Å². The molecule has 1 atom stereocenters. The van der Waals surface area contributed by atoms with Crippen molar-refractivity contribution in [2.75, 3.05) is 13.1 Å². The fourth-order valence-electron chi connectivity index (χ4n) is 4.52. The van der Waals surface area contributed by atoms with Crippen LogP contribution in [0.4, 0.5) is 0 Å². The number of carbonyl (C=O) groups excluding carboxylic acids is 1. The quantitative estimate of drug-likeness (QED) is 0.517. The second kappa shape index (κ2) is 10.8. The van der Waals surface area contributed by atoms with Gasteiger partial charge in [-0.15, -0.1) is 0 Å². The van der Waals surface area contributed by atoms with Crippen LogP contribution in [-0.2, 0) is 11.3 Å². The molecule has 1 amide bonds. The van der Waals surface area contributed by atoms with Crippen molar-refractivity contribution < 1.29 is 9.32 Å². The van der Waals surface area contributed by atoms with Gasteiger partial charge in [0.1, 0.15) is 0 Å². The first-order valence-electron chi connectivity index (χ1n) is 12.0. The fourth-order valence-corrected chi connectivity index (χ4v) is 4.52. The van der Waals surface area contributed by atoms with Crippen LogP contribution in [0, 0.1) is 18.8 Å². The van der Waals surface area contributed by atoms with Crippen LogP contribution < -0.4 is 5.32 Å². The molecule has 1 fully saturated rings. The fraction of sp³-hybridized carbons (Fsp3) is 0.444. The second-order valence-electron chi connectivity index (χ2n) is 9.48. The van der Waals surface area contributed by atoms with E-state index in [1.165, 1.54) is 5.56 Å². The van der Waals surface area contributed by atoms with Gasteiger partial charge in [-0.05, 0) is 56.3 Å². The number of nitrogens with one attached hydrogen (secondary N) is 1. The van der Waals surface area contributed by atoms with Crippen LogP contribution in [-0.4, -0.2) is 34.0 Å². The third-order valence-electron chi connectivity index (χ3n) is 6.40. The maximum Gasteiger partial charge on any atom is 0.241 e. The normalized spacial score (nSPS) is 16.1. The van der Waals surface area contributed by atoms with Gasteiger partial charge in [0.2, 0.25) is 17.6 Å². The van der Waals surface area contributed by atoms with Crippen molar-refractivity contribution in [3.8, 4) is 11.4 Å². The Kier molecular flexibility index (Phi) is 7.55. The predicted octanol–water partition coefficient (Wildman–Crippen LogP) is 5.16. The van der Waals surface area contributed by atoms with Crippen molar-refractivity contribution in [1.29, 1.82) is 0 Å². The SMILES string of the molecule is Cc1ccccc1-c1noc(CN2CCC(C(=O)NC(CC(C)C)c3ccccc3)CC2)n1. The molecular formula is C27H34N4O2. The number of hydrogen-bond donors (Lipinski definition) is 1. The number of rotatable bonds is 8. The van der Waals surface area contributed by atoms with Crippen LogP contribution in [0.2, 0.25) is 0 Å². The average Bonchev–Trinajstić information content (AvgIpc) is 3.28. The van der Waals surface area contributed by atoms with Crippen LogP contribution >= 0.6 is 0 Å². The van der Waals surface area contributed by atoms with Crippen molar-refractivity contribution in [2.45, 2.75) is 52.6 Å². The summed E-state index contributed by atoms with van der Waals surface area (Å²) in [6.07, 6.45) is 2.62. The lowest BCUT2D eigenvalue weighted by molar-refractivity contribution is -0.127. The zero-order chi connectivity index (χ0) is 23.2. The molecule has 6 nitrogen and oxygen atoms in total. The van der Waals surface area contributed by atoms with Crippen molar-refractivity contribution in [3.63, 3.8) is 0 Å². The molecule has 2 aromatic carbocycles. The molecule has 0 spiro atoms. The van der Waals surface area contributed by atoms with E-state index in [0.29, 0.717) is 24.2 Å². The van der Waals surface area contributed by atoms with Crippen molar-refractivity contribution in [2.24, 2.45) is 11.8 Å². The van der Waals surface area contributed by atoms with Crippen LogP contribution in [0.15, 0.2) is 59.1 Å². The van der Waals surface area contributed by atoms with Gasteiger partial charge in [-0.2, -0.15) is 4.98 Å². The molecular weight excluding hydrogens is 412 g/mol. The van der Waals surface area contributed by atoms with Gasteiger partial charge in [-0.3, -0.25) is 9.69 Å². The number of amides is 1. The number of likely N-dealkylation sites (tertiary alicyclic amines) is 1. The zero-order valence-corrected chi connectivity index (χ0v) is 19.8. The van der Waals surface area contributed by atoms with Gasteiger partial charge in [0.25, 0.3) is 0 Å². The molecule has 0 aliphatic carbocycles. The number of carbonyl (C=O) groups is 1. The lowest BCUT2D eigenvalue weighted by Gasteiger charge is -2.31. The average molecular weight is 447 g/mol. The Morgan fingerprint density at radius 3 is 2.48 bits per heavy atom. The molecule has 0 bridgehead atoms. The lowest BCUT2D eigenvalue weighted by Crippen LogP contribution is -2.41. The molecule has 174 valence electrons. The number of piperidine rings is 1. The summed E-state index contributed by atoms with van der Waals surface area (Å²) < 4.78 is 5.51. The number of aromatic nitrogens is 2. The minimum Gasteiger partial charge on any atom is -0.349 e. The molecule has 1 aromatic heterocycles. The summed E-state index contributed by atoms with van der Waals surface area (Å²) in [7, 11) is 0. The highest BCUT2D eigenvalue weighted by Crippen LogP contribution is 2.25. The first kappa shape index (κ1) is 23.2. The number of nitrogens with zero attached hydrogens (tertiary/aromatic N) is 3. The van der Waals surface area contributed by atoms with E-state index in [4.69, 9.17) is 4.52 Å². The van der Waals surface area contributed by atoms with Crippen molar-refractivity contribution in [1.82, 2.24) is 20.4 Å². The Morgan fingerprint density at radius 1 is 1.09 bits per heavy atom. The van der Waals surface area contributed by atoms with E-state index in [1.807, 2.05) is 49.4 Å². The van der Waals surface area contributed by atoms with E-state index >= 15 is 0 Å². The first-order valence-corrected chi connectivity index (χ1v) is 12.0. The monoisotopic (exact) mass is 446 g/mol. The second-order valence-corrected chi connectivity index (χ2v) is 9.48. The van der Waals surface area contributed by atoms with Crippen LogP contribution in [0.3, 0.4) is 0 Å². The molecule has 6 heteroatoms. The smallest absolute Gasteiger partial charge is 0.241 e. The predicted molar refractivity (Wildman–Crippen MR) is 129 cm³/mol. The molecule has 4 rings (SSSR count). The lowest BCUT2D eigenvalue weighted by atomic mass is 9.93. The minimum absolute atomic E-state index is 0.0461. The highest BCUT2D eigenvalue weighted by molar-refractivity contribution is 5.79. The standard InChI is InChI=1S/C27H34N4O2/c1-19(2)17-24(21-10-5-4-6-11-21)28-27(32)22-13-15-31(16-14-22)18-25-29-26(30-33-25)23-12-8-7-9-20(23)3/h4-12,19,22,24H,13-18H2,1-3H3,(H,28,32). The van der Waals surface area contributed by atoms with E-state index in [1.54, 1.807) is 0 Å². The van der Waals surface area contributed by atoms with Gasteiger partial charge in [0.05, 0.1) is 12.6 Å². The molecule has 1 aliphatic heterocycles. The highest BCUT2D eigenvalue weighted by Gasteiger charge is 2.28. The van der Waals surface area contributed by atoms with Crippen LogP contribution in [0.1, 0.15) is 56.2 Å². The number of benzene rings is 2. The number of aryl methyl sites for hydroxylation is 1. The molecule has 2 heterocycles. The van der Waals surface area contributed by atoms with E-state index in [-0.39, 0.29) is 17.9 Å². The van der Waals surface area contributed by atoms with Gasteiger partial charge in [0, 0.05) is 11.5 Å². The topological polar surface area (TPSA) is 71.3 Å². The Morgan fingerprint density at radius 2 is 1.79 bits per heavy atom. The largest absolute Gasteiger partial charge is 0.349 e. The van der Waals surface area contributed by atoms with Crippen LogP contribution in [0.25, 0.3) is 11.4 Å². The summed E-state index contributed by atoms with van der Waals surface area (Å²) in [5.74, 6) is 1.98. The summed E-state index contributed by atoms with van der Waals surface area (Å²) in [4.78, 5) is 19.9. The van der Waals surface area contributed by atoms with Gasteiger partial charge in [0.15, 0.2) is 0 Å². The van der Waals surface area contributed by atoms with Crippen molar-refractivity contribution in [3.05, 3.63) is 71.6 Å². The van der Waals surface area contributed by atoms with Gasteiger partial charge < -0.3 is 9.84 Å². The van der Waals surface area contributed by atoms with E-state index < -0.39 is 0 Å². The van der Waals surface area contributed by atoms with Crippen LogP contribution in [0.5, 0.6) is 0 Å². The molecule has 3 aromatic rings. The summed E-state index contributed by atoms with van der Waals surface area (Å²) in [6.45, 7) is 8.75. The highest BCUT2D eigenvalue weighted by atomic mass is 16.5. The molecule has 1 N–H and O–H groups in total. The Labute approximate surface area is 196 Å². The Balaban J connectivity index is 1.30. The third-order valence-corrected chi connectivity index (χ3v) is 6.40. The molecule has 0 radical (unpaired) electrons. The minimum atomic E-state index is 0.0461. The molecule has 0 saturated carbocycles. The van der Waals surface area contributed by atoms with Gasteiger partial charge in [-0.25, -0.2) is 0 Å². The summed E-state index contributed by atoms with van der Waals surface area (Å²) in [6, 6.07) is 18.4. The number of hydrogen-bond acceptors (Lipinski definition) is 5. The van der Waals surface area contributed by atoms with E-state index in [2.05, 4.69) is 46.3 Å². The summed E-state index contributed by atoms with van der Waals surface area (Å²) >= 11 is 0. The summed E-state index contributed by atoms with van der Waals surface area (Å²) in [5.41, 5.74) is 3.30. The molecule has 1 saturated heterocycles. The first-order chi connectivity index (χ1) is 16.0. The van der Waals surface area contributed by atoms with Crippen molar-refractivity contribution >= 4 is 5.91 Å². The summed E-state index contributed by atoms with van der Waals surface area (Å²) in [5, 5.41) is 7.49. The third kappa shape index (κ3) is 6.08. The molecule has 33 heavy (non-hydrogen) atoms. The maximum absolute atomic E-state index is 13.0. The zero-order valence-electron chi connectivity index (χ0n) is 19.8. The van der Waals surface area contributed by atoms with E-state index in [9.17, 15) is 4.79 Å². The maximum atomic E-state index is 13.0.